The van der Waals surface area contributed by atoms with E-state index in [1.165, 1.54) is 5.56 Å². The van der Waals surface area contributed by atoms with Crippen LogP contribution in [0.1, 0.15) is 43.6 Å². The highest BCUT2D eigenvalue weighted by Crippen LogP contribution is 2.31. The van der Waals surface area contributed by atoms with Gasteiger partial charge < -0.3 is 14.7 Å². The van der Waals surface area contributed by atoms with Crippen molar-refractivity contribution in [3.63, 3.8) is 0 Å². The van der Waals surface area contributed by atoms with Gasteiger partial charge in [0.1, 0.15) is 6.54 Å². The average molecular weight is 337 g/mol. The van der Waals surface area contributed by atoms with Crippen molar-refractivity contribution >= 4 is 5.91 Å². The van der Waals surface area contributed by atoms with Crippen LogP contribution in [-0.2, 0) is 22.5 Å². The van der Waals surface area contributed by atoms with Crippen molar-refractivity contribution in [2.45, 2.75) is 59.1 Å². The number of ether oxygens (including phenoxy) is 1. The molecule has 0 aromatic carbocycles. The molecule has 136 valence electrons. The van der Waals surface area contributed by atoms with Crippen molar-refractivity contribution in [3.05, 3.63) is 17.0 Å². The third-order valence-corrected chi connectivity index (χ3v) is 5.49. The fourth-order valence-corrected chi connectivity index (χ4v) is 3.67. The lowest BCUT2D eigenvalue weighted by Crippen LogP contribution is -2.53. The molecule has 1 amide bonds. The summed E-state index contributed by atoms with van der Waals surface area (Å²) in [5.74, 6) is 0.112. The zero-order chi connectivity index (χ0) is 17.9. The van der Waals surface area contributed by atoms with Crippen LogP contribution in [0.3, 0.4) is 0 Å². The van der Waals surface area contributed by atoms with Gasteiger partial charge in [-0.2, -0.15) is 5.10 Å². The molecule has 1 aromatic rings. The molecule has 1 aliphatic heterocycles. The zero-order valence-corrected chi connectivity index (χ0v) is 15.6. The van der Waals surface area contributed by atoms with Gasteiger partial charge in [0.15, 0.2) is 0 Å². The molecule has 6 heteroatoms. The maximum Gasteiger partial charge on any atom is 0.244 e. The first-order valence-corrected chi connectivity index (χ1v) is 8.84. The molecule has 2 heterocycles. The first-order valence-electron chi connectivity index (χ1n) is 8.84. The number of aliphatic hydroxyl groups is 1. The number of piperidine rings is 1. The Bertz CT molecular complexity index is 584. The number of aryl methyl sites for hydroxylation is 1. The number of carbonyl (C=O) groups is 1. The van der Waals surface area contributed by atoms with Gasteiger partial charge in [0.2, 0.25) is 5.91 Å². The van der Waals surface area contributed by atoms with Crippen LogP contribution in [0, 0.1) is 19.8 Å². The van der Waals surface area contributed by atoms with Gasteiger partial charge in [0.25, 0.3) is 0 Å². The second-order valence-electron chi connectivity index (χ2n) is 7.00. The number of rotatable bonds is 6. The molecule has 0 radical (unpaired) electrons. The van der Waals surface area contributed by atoms with Crippen LogP contribution < -0.4 is 0 Å². The highest BCUT2D eigenvalue weighted by molar-refractivity contribution is 5.76. The first kappa shape index (κ1) is 18.9. The second kappa shape index (κ2) is 7.66. The standard InChI is InChI=1S/C18H31N3O3/c1-6-16-14(3)19-21(15(16)4)12-17(22)20-9-7-18(23,8-10-24-5)13(2)11-20/h13,23H,6-12H2,1-5H3/t13-,18-/m1/s1. The topological polar surface area (TPSA) is 67.6 Å². The van der Waals surface area contributed by atoms with E-state index in [1.54, 1.807) is 7.11 Å². The third kappa shape index (κ3) is 3.81. The second-order valence-corrected chi connectivity index (χ2v) is 7.00. The van der Waals surface area contributed by atoms with Crippen LogP contribution in [-0.4, -0.2) is 58.1 Å². The number of aromatic nitrogens is 2. The van der Waals surface area contributed by atoms with E-state index in [2.05, 4.69) is 12.0 Å². The van der Waals surface area contributed by atoms with E-state index in [0.29, 0.717) is 32.5 Å². The lowest BCUT2D eigenvalue weighted by Gasteiger charge is -2.43. The number of nitrogens with zero attached hydrogens (tertiary/aromatic N) is 3. The average Bonchev–Trinajstić information content (AvgIpc) is 2.81. The van der Waals surface area contributed by atoms with E-state index in [9.17, 15) is 9.90 Å². The smallest absolute Gasteiger partial charge is 0.244 e. The minimum atomic E-state index is -0.736. The van der Waals surface area contributed by atoms with Gasteiger partial charge in [-0.15, -0.1) is 0 Å². The van der Waals surface area contributed by atoms with E-state index in [-0.39, 0.29) is 18.4 Å². The fraction of sp³-hybridized carbons (Fsp3) is 0.778. The van der Waals surface area contributed by atoms with Gasteiger partial charge in [-0.3, -0.25) is 9.48 Å². The molecular formula is C18H31N3O3. The summed E-state index contributed by atoms with van der Waals surface area (Å²) < 4.78 is 6.91. The zero-order valence-electron chi connectivity index (χ0n) is 15.6. The van der Waals surface area contributed by atoms with Gasteiger partial charge in [0.05, 0.1) is 11.3 Å². The highest BCUT2D eigenvalue weighted by Gasteiger charge is 2.39. The summed E-state index contributed by atoms with van der Waals surface area (Å²) in [6, 6.07) is 0. The maximum absolute atomic E-state index is 12.7. The van der Waals surface area contributed by atoms with Crippen molar-refractivity contribution < 1.29 is 14.6 Å². The lowest BCUT2D eigenvalue weighted by molar-refractivity contribution is -0.141. The number of methoxy groups -OCH3 is 1. The summed E-state index contributed by atoms with van der Waals surface area (Å²) in [6.45, 7) is 10.1. The number of carbonyl (C=O) groups excluding carboxylic acids is 1. The van der Waals surface area contributed by atoms with Crippen LogP contribution in [0.5, 0.6) is 0 Å². The van der Waals surface area contributed by atoms with Gasteiger partial charge >= 0.3 is 0 Å². The van der Waals surface area contributed by atoms with Gasteiger partial charge in [-0.05, 0) is 38.7 Å². The fourth-order valence-electron chi connectivity index (χ4n) is 3.67. The number of amides is 1. The number of hydrogen-bond acceptors (Lipinski definition) is 4. The largest absolute Gasteiger partial charge is 0.389 e. The lowest BCUT2D eigenvalue weighted by atomic mass is 9.80. The molecule has 0 unspecified atom stereocenters. The molecule has 1 saturated heterocycles. The SMILES string of the molecule is CCc1c(C)nn(CC(=O)N2CC[C@@](O)(CCOC)[C@H](C)C2)c1C. The van der Waals surface area contributed by atoms with Crippen molar-refractivity contribution in [2.24, 2.45) is 5.92 Å². The summed E-state index contributed by atoms with van der Waals surface area (Å²) in [4.78, 5) is 14.5. The first-order chi connectivity index (χ1) is 11.3. The highest BCUT2D eigenvalue weighted by atomic mass is 16.5. The number of hydrogen-bond donors (Lipinski definition) is 1. The van der Waals surface area contributed by atoms with Crippen LogP contribution in [0.15, 0.2) is 0 Å². The van der Waals surface area contributed by atoms with Gasteiger partial charge in [-0.1, -0.05) is 13.8 Å². The van der Waals surface area contributed by atoms with E-state index in [1.807, 2.05) is 30.4 Å². The van der Waals surface area contributed by atoms with E-state index < -0.39 is 5.60 Å². The van der Waals surface area contributed by atoms with Gasteiger partial charge in [-0.25, -0.2) is 0 Å². The van der Waals surface area contributed by atoms with Crippen LogP contribution >= 0.6 is 0 Å². The predicted molar refractivity (Wildman–Crippen MR) is 92.9 cm³/mol. The molecular weight excluding hydrogens is 306 g/mol. The summed E-state index contributed by atoms with van der Waals surface area (Å²) in [7, 11) is 1.64. The quantitative estimate of drug-likeness (QED) is 0.858. The molecule has 1 aromatic heterocycles. The minimum Gasteiger partial charge on any atom is -0.389 e. The van der Waals surface area contributed by atoms with E-state index >= 15 is 0 Å². The summed E-state index contributed by atoms with van der Waals surface area (Å²) >= 11 is 0. The Labute approximate surface area is 144 Å². The monoisotopic (exact) mass is 337 g/mol. The molecule has 1 N–H and O–H groups in total. The normalized spacial score (nSPS) is 24.4. The molecule has 1 aliphatic rings. The van der Waals surface area contributed by atoms with Crippen molar-refractivity contribution in [3.8, 4) is 0 Å². The molecule has 0 spiro atoms. The minimum absolute atomic E-state index is 0.0389. The Hall–Kier alpha value is -1.40. The van der Waals surface area contributed by atoms with Crippen molar-refractivity contribution in [1.82, 2.24) is 14.7 Å². The summed E-state index contributed by atoms with van der Waals surface area (Å²) in [6.07, 6.45) is 2.14. The molecule has 0 aliphatic carbocycles. The summed E-state index contributed by atoms with van der Waals surface area (Å²) in [5.41, 5.74) is 2.57. The van der Waals surface area contributed by atoms with Gasteiger partial charge in [0, 0.05) is 38.4 Å². The Morgan fingerprint density at radius 2 is 2.17 bits per heavy atom. The van der Waals surface area contributed by atoms with E-state index in [0.717, 1.165) is 17.8 Å². The molecule has 24 heavy (non-hydrogen) atoms. The Balaban J connectivity index is 2.00. The number of likely N-dealkylation sites (tertiary alicyclic amines) is 1. The third-order valence-electron chi connectivity index (χ3n) is 5.49. The molecule has 0 saturated carbocycles. The maximum atomic E-state index is 12.7. The van der Waals surface area contributed by atoms with E-state index in [4.69, 9.17) is 4.74 Å². The Kier molecular flexibility index (Phi) is 6.04. The van der Waals surface area contributed by atoms with Crippen LogP contribution in [0.2, 0.25) is 0 Å². The van der Waals surface area contributed by atoms with Crippen molar-refractivity contribution in [2.75, 3.05) is 26.8 Å². The molecule has 1 fully saturated rings. The Morgan fingerprint density at radius 3 is 2.71 bits per heavy atom. The summed E-state index contributed by atoms with van der Waals surface area (Å²) in [5, 5.41) is 15.2. The Morgan fingerprint density at radius 1 is 1.46 bits per heavy atom. The predicted octanol–water partition coefficient (Wildman–Crippen LogP) is 1.70. The van der Waals surface area contributed by atoms with Crippen LogP contribution in [0.25, 0.3) is 0 Å². The molecule has 2 rings (SSSR count). The molecule has 6 nitrogen and oxygen atoms in total. The van der Waals surface area contributed by atoms with Crippen molar-refractivity contribution in [1.29, 1.82) is 0 Å². The molecule has 2 atom stereocenters. The van der Waals surface area contributed by atoms with Crippen LogP contribution in [0.4, 0.5) is 0 Å². The molecule has 0 bridgehead atoms.